The molecule has 0 unspecified atom stereocenters. The van der Waals surface area contributed by atoms with Crippen LogP contribution in [-0.2, 0) is 10.2 Å². The molecule has 1 saturated heterocycles. The first-order chi connectivity index (χ1) is 9.75. The van der Waals surface area contributed by atoms with Crippen LogP contribution in [0.5, 0.6) is 0 Å². The SMILES string of the molecule is CC(=O)c1c(N)on[n+]1N1CCN(S(=O)(=O)N(C)C)CC1. The minimum Gasteiger partial charge on any atom is -0.361 e. The van der Waals surface area contributed by atoms with Crippen molar-refractivity contribution in [2.45, 2.75) is 6.92 Å². The van der Waals surface area contributed by atoms with Gasteiger partial charge in [-0.05, 0) is 0 Å². The van der Waals surface area contributed by atoms with Crippen LogP contribution in [0, 0.1) is 0 Å². The molecule has 0 aliphatic carbocycles. The lowest BCUT2D eigenvalue weighted by molar-refractivity contribution is -0.760. The van der Waals surface area contributed by atoms with E-state index in [1.807, 2.05) is 0 Å². The number of Topliss-reactive ketones (excluding diaryl/α,β-unsaturated/α-hetero) is 1. The Kier molecular flexibility index (Phi) is 4.16. The highest BCUT2D eigenvalue weighted by molar-refractivity contribution is 7.86. The molecule has 0 atom stereocenters. The van der Waals surface area contributed by atoms with Crippen LogP contribution in [0.3, 0.4) is 0 Å². The van der Waals surface area contributed by atoms with Crippen LogP contribution >= 0.6 is 0 Å². The van der Waals surface area contributed by atoms with E-state index in [-0.39, 0.29) is 30.5 Å². The Morgan fingerprint density at radius 3 is 2.38 bits per heavy atom. The van der Waals surface area contributed by atoms with Crippen molar-refractivity contribution in [3.8, 4) is 0 Å². The normalized spacial score (nSPS) is 17.4. The Bertz CT molecular complexity index is 632. The van der Waals surface area contributed by atoms with E-state index in [0.717, 1.165) is 0 Å². The average molecular weight is 319 g/mol. The fraction of sp³-hybridized carbons (Fsp3) is 0.700. The first kappa shape index (κ1) is 15.7. The lowest BCUT2D eigenvalue weighted by atomic mass is 10.3. The van der Waals surface area contributed by atoms with E-state index in [2.05, 4.69) is 5.27 Å². The molecule has 1 fully saturated rings. The molecule has 0 aromatic carbocycles. The first-order valence-corrected chi connectivity index (χ1v) is 7.76. The summed E-state index contributed by atoms with van der Waals surface area (Å²) >= 11 is 0. The summed E-state index contributed by atoms with van der Waals surface area (Å²) < 4.78 is 31.4. The van der Waals surface area contributed by atoms with E-state index >= 15 is 0 Å². The molecule has 0 saturated carbocycles. The lowest BCUT2D eigenvalue weighted by Crippen LogP contribution is -2.68. The maximum atomic E-state index is 12.0. The molecule has 2 heterocycles. The van der Waals surface area contributed by atoms with Gasteiger partial charge in [0.25, 0.3) is 10.2 Å². The van der Waals surface area contributed by atoms with Gasteiger partial charge in [0.1, 0.15) is 0 Å². The first-order valence-electron chi connectivity index (χ1n) is 6.36. The third kappa shape index (κ3) is 2.84. The van der Waals surface area contributed by atoms with Crippen LogP contribution in [0.2, 0.25) is 0 Å². The molecule has 1 aromatic heterocycles. The summed E-state index contributed by atoms with van der Waals surface area (Å²) in [5.41, 5.74) is 5.74. The van der Waals surface area contributed by atoms with Crippen LogP contribution < -0.4 is 15.5 Å². The van der Waals surface area contributed by atoms with Crippen molar-refractivity contribution < 1.29 is 22.5 Å². The molecule has 0 spiro atoms. The van der Waals surface area contributed by atoms with Gasteiger partial charge in [0, 0.05) is 34.1 Å². The van der Waals surface area contributed by atoms with E-state index in [1.54, 1.807) is 5.01 Å². The van der Waals surface area contributed by atoms with Crippen LogP contribution in [-0.4, -0.2) is 68.4 Å². The van der Waals surface area contributed by atoms with Crippen molar-refractivity contribution in [3.63, 3.8) is 0 Å². The molecule has 1 aliphatic rings. The predicted molar refractivity (Wildman–Crippen MR) is 73.2 cm³/mol. The molecule has 10 nitrogen and oxygen atoms in total. The minimum absolute atomic E-state index is 0.0501. The maximum absolute atomic E-state index is 12.0. The van der Waals surface area contributed by atoms with Gasteiger partial charge in [-0.2, -0.15) is 17.0 Å². The van der Waals surface area contributed by atoms with Gasteiger partial charge in [0.2, 0.25) is 11.1 Å². The molecule has 118 valence electrons. The number of ketones is 1. The van der Waals surface area contributed by atoms with Crippen LogP contribution in [0.1, 0.15) is 17.4 Å². The molecule has 1 aromatic rings. The van der Waals surface area contributed by atoms with E-state index in [4.69, 9.17) is 10.3 Å². The fourth-order valence-corrected chi connectivity index (χ4v) is 3.19. The van der Waals surface area contributed by atoms with Gasteiger partial charge < -0.3 is 5.73 Å². The third-order valence-corrected chi connectivity index (χ3v) is 5.19. The minimum atomic E-state index is -3.43. The number of aromatic nitrogens is 2. The van der Waals surface area contributed by atoms with E-state index in [1.165, 1.54) is 34.4 Å². The highest BCUT2D eigenvalue weighted by Crippen LogP contribution is 2.10. The molecule has 0 bridgehead atoms. The van der Waals surface area contributed by atoms with Crippen LogP contribution in [0.25, 0.3) is 0 Å². The molecule has 2 N–H and O–H groups in total. The molecule has 2 rings (SSSR count). The summed E-state index contributed by atoms with van der Waals surface area (Å²) in [7, 11) is -0.454. The average Bonchev–Trinajstić information content (AvgIpc) is 2.80. The smallest absolute Gasteiger partial charge is 0.361 e. The second kappa shape index (κ2) is 5.58. The Labute approximate surface area is 122 Å². The molecular weight excluding hydrogens is 300 g/mol. The number of carbonyl (C=O) groups is 1. The third-order valence-electron chi connectivity index (χ3n) is 3.25. The number of nitrogens with two attached hydrogens (primary N) is 1. The highest BCUT2D eigenvalue weighted by atomic mass is 32.2. The maximum Gasteiger partial charge on any atom is 0.373 e. The number of hydrogen-bond donors (Lipinski definition) is 1. The molecule has 0 radical (unpaired) electrons. The van der Waals surface area contributed by atoms with E-state index in [9.17, 15) is 13.2 Å². The van der Waals surface area contributed by atoms with Crippen LogP contribution in [0.15, 0.2) is 4.52 Å². The van der Waals surface area contributed by atoms with Crippen molar-refractivity contribution >= 4 is 21.9 Å². The highest BCUT2D eigenvalue weighted by Gasteiger charge is 2.37. The molecular formula is C10H19N6O4S+. The lowest BCUT2D eigenvalue weighted by Gasteiger charge is -2.31. The van der Waals surface area contributed by atoms with Crippen molar-refractivity contribution in [1.82, 2.24) is 13.9 Å². The zero-order chi connectivity index (χ0) is 15.8. The summed E-state index contributed by atoms with van der Waals surface area (Å²) in [5, 5.41) is 5.45. The summed E-state index contributed by atoms with van der Waals surface area (Å²) in [4.78, 5) is 12.9. The van der Waals surface area contributed by atoms with Gasteiger partial charge in [0.05, 0.1) is 17.9 Å². The number of carbonyl (C=O) groups excluding carboxylic acids is 1. The number of nitrogen functional groups attached to an aromatic ring is 1. The Hall–Kier alpha value is -1.72. The number of piperazine rings is 1. The summed E-state index contributed by atoms with van der Waals surface area (Å²) in [6.45, 7) is 2.70. The molecule has 11 heteroatoms. The Morgan fingerprint density at radius 1 is 1.33 bits per heavy atom. The van der Waals surface area contributed by atoms with Crippen molar-refractivity contribution in [2.75, 3.05) is 51.0 Å². The van der Waals surface area contributed by atoms with Gasteiger partial charge in [-0.25, -0.2) is 0 Å². The predicted octanol–water partition coefficient (Wildman–Crippen LogP) is -2.19. The van der Waals surface area contributed by atoms with E-state index < -0.39 is 10.2 Å². The van der Waals surface area contributed by atoms with Gasteiger partial charge in [-0.1, -0.05) is 0 Å². The topological polar surface area (TPSA) is 117 Å². The molecule has 21 heavy (non-hydrogen) atoms. The summed E-state index contributed by atoms with van der Waals surface area (Å²) in [6.07, 6.45) is 0. The summed E-state index contributed by atoms with van der Waals surface area (Å²) in [6, 6.07) is 0. The summed E-state index contributed by atoms with van der Waals surface area (Å²) in [5.74, 6) is -0.317. The van der Waals surface area contributed by atoms with Crippen LogP contribution in [0.4, 0.5) is 5.88 Å². The largest absolute Gasteiger partial charge is 0.373 e. The van der Waals surface area contributed by atoms with Gasteiger partial charge in [-0.15, -0.1) is 5.01 Å². The quantitative estimate of drug-likeness (QED) is 0.495. The van der Waals surface area contributed by atoms with Gasteiger partial charge >= 0.3 is 11.6 Å². The number of rotatable bonds is 4. The monoisotopic (exact) mass is 319 g/mol. The number of anilines is 1. The zero-order valence-corrected chi connectivity index (χ0v) is 13.0. The zero-order valence-electron chi connectivity index (χ0n) is 12.2. The van der Waals surface area contributed by atoms with Crippen molar-refractivity contribution in [2.24, 2.45) is 0 Å². The second-order valence-electron chi connectivity index (χ2n) is 4.87. The van der Waals surface area contributed by atoms with Crippen molar-refractivity contribution in [3.05, 3.63) is 5.69 Å². The van der Waals surface area contributed by atoms with Gasteiger partial charge in [0.15, 0.2) is 0 Å². The fourth-order valence-electron chi connectivity index (χ4n) is 2.10. The molecule has 1 aliphatic heterocycles. The number of nitrogens with zero attached hydrogens (tertiary/aromatic N) is 5. The van der Waals surface area contributed by atoms with Crippen molar-refractivity contribution in [1.29, 1.82) is 0 Å². The molecule has 0 amide bonds. The Morgan fingerprint density at radius 2 is 1.90 bits per heavy atom. The number of hydrogen-bond acceptors (Lipinski definition) is 7. The van der Waals surface area contributed by atoms with Gasteiger partial charge in [-0.3, -0.25) is 9.32 Å². The van der Waals surface area contributed by atoms with E-state index in [0.29, 0.717) is 13.1 Å². The standard InChI is InChI=1S/C10H18N6O4S/c1-8(17)9-10(11)20-12-16(9)14-4-6-15(7-5-14)21(18,19)13(2)3/h4-7H2,1-3H3,(H-,11,12,17)/p+1. The second-order valence-corrected chi connectivity index (χ2v) is 7.02. The Balaban J connectivity index is 2.14.